The molecule has 0 aliphatic carbocycles. The molecule has 0 saturated carbocycles. The van der Waals surface area contributed by atoms with E-state index in [4.69, 9.17) is 5.73 Å². The van der Waals surface area contributed by atoms with Crippen LogP contribution in [0.25, 0.3) is 0 Å². The van der Waals surface area contributed by atoms with Crippen molar-refractivity contribution in [2.24, 2.45) is 0 Å². The number of pyridine rings is 1. The van der Waals surface area contributed by atoms with Crippen LogP contribution >= 0.6 is 12.4 Å². The van der Waals surface area contributed by atoms with E-state index in [9.17, 15) is 5.21 Å². The van der Waals surface area contributed by atoms with Crippen molar-refractivity contribution >= 4 is 18.2 Å². The highest BCUT2D eigenvalue weighted by Crippen LogP contribution is 1.96. The number of hydrogen-bond acceptors (Lipinski definition) is 2. The summed E-state index contributed by atoms with van der Waals surface area (Å²) in [6.45, 7) is 1.89. The Morgan fingerprint density at radius 2 is 2.20 bits per heavy atom. The number of hydrogen-bond donors (Lipinski definition) is 1. The average molecular weight is 161 g/mol. The first kappa shape index (κ1) is 9.04. The van der Waals surface area contributed by atoms with E-state index < -0.39 is 0 Å². The minimum Gasteiger partial charge on any atom is -0.711 e. The molecule has 56 valence electrons. The molecule has 10 heavy (non-hydrogen) atoms. The molecule has 2 N–H and O–H groups in total. The fourth-order valence-electron chi connectivity index (χ4n) is 0.616. The smallest absolute Gasteiger partial charge is 0.275 e. The zero-order valence-electron chi connectivity index (χ0n) is 5.57. The summed E-state index contributed by atoms with van der Waals surface area (Å²) in [6, 6.07) is 3.34. The standard InChI is InChI=1S/C6H8N2O.ClH/c1-5-2-3-8(9)6(7)4-5;/h2-4H,7H2,1H3;1H. The number of nitrogens with two attached hydrogens (primary N) is 1. The van der Waals surface area contributed by atoms with E-state index in [-0.39, 0.29) is 18.2 Å². The molecule has 0 amide bonds. The molecule has 0 atom stereocenters. The fraction of sp³-hybridized carbons (Fsp3) is 0.167. The molecule has 0 aromatic carbocycles. The van der Waals surface area contributed by atoms with Crippen molar-refractivity contribution < 1.29 is 4.73 Å². The molecule has 0 spiro atoms. The lowest BCUT2D eigenvalue weighted by atomic mass is 10.3. The summed E-state index contributed by atoms with van der Waals surface area (Å²) in [7, 11) is 0. The lowest BCUT2D eigenvalue weighted by molar-refractivity contribution is -0.589. The highest BCUT2D eigenvalue weighted by Gasteiger charge is 1.93. The van der Waals surface area contributed by atoms with Crippen molar-refractivity contribution in [3.8, 4) is 0 Å². The summed E-state index contributed by atoms with van der Waals surface area (Å²) in [6.07, 6.45) is 1.39. The highest BCUT2D eigenvalue weighted by atomic mass is 35.5. The lowest BCUT2D eigenvalue weighted by Crippen LogP contribution is -2.29. The van der Waals surface area contributed by atoms with Gasteiger partial charge < -0.3 is 5.21 Å². The van der Waals surface area contributed by atoms with Gasteiger partial charge in [-0.3, -0.25) is 5.73 Å². The molecule has 0 fully saturated rings. The van der Waals surface area contributed by atoms with Gasteiger partial charge in [0, 0.05) is 6.07 Å². The normalized spacial score (nSPS) is 8.50. The number of aromatic nitrogens is 1. The summed E-state index contributed by atoms with van der Waals surface area (Å²) >= 11 is 0. The number of halogens is 1. The summed E-state index contributed by atoms with van der Waals surface area (Å²) in [5.74, 6) is 0.245. The van der Waals surface area contributed by atoms with Crippen LogP contribution in [0.5, 0.6) is 0 Å². The van der Waals surface area contributed by atoms with Crippen molar-refractivity contribution in [1.82, 2.24) is 0 Å². The molecule has 1 rings (SSSR count). The van der Waals surface area contributed by atoms with Crippen molar-refractivity contribution in [2.45, 2.75) is 6.92 Å². The molecule has 1 aromatic rings. The van der Waals surface area contributed by atoms with Crippen LogP contribution in [0.15, 0.2) is 18.3 Å². The van der Waals surface area contributed by atoms with Crippen LogP contribution in [0.4, 0.5) is 5.82 Å². The minimum absolute atomic E-state index is 0. The Kier molecular flexibility index (Phi) is 2.96. The maximum Gasteiger partial charge on any atom is 0.275 e. The van der Waals surface area contributed by atoms with E-state index in [0.29, 0.717) is 4.73 Å². The Balaban J connectivity index is 0.000000810. The Morgan fingerprint density at radius 3 is 2.60 bits per heavy atom. The average Bonchev–Trinajstić information content (AvgIpc) is 1.80. The second kappa shape index (κ2) is 3.27. The fourth-order valence-corrected chi connectivity index (χ4v) is 0.616. The van der Waals surface area contributed by atoms with Gasteiger partial charge >= 0.3 is 0 Å². The van der Waals surface area contributed by atoms with Crippen LogP contribution in [0, 0.1) is 12.1 Å². The number of aryl methyl sites for hydroxylation is 1. The third kappa shape index (κ3) is 1.77. The maximum absolute atomic E-state index is 10.6. The zero-order valence-corrected chi connectivity index (χ0v) is 6.39. The van der Waals surface area contributed by atoms with Crippen LogP contribution in [0.3, 0.4) is 0 Å². The van der Waals surface area contributed by atoms with Gasteiger partial charge in [0.2, 0.25) is 0 Å². The third-order valence-corrected chi connectivity index (χ3v) is 1.10. The molecule has 1 aromatic heterocycles. The number of rotatable bonds is 0. The van der Waals surface area contributed by atoms with Crippen LogP contribution in [-0.4, -0.2) is 0 Å². The Bertz CT molecular complexity index is 227. The minimum atomic E-state index is 0. The van der Waals surface area contributed by atoms with Gasteiger partial charge in [0.25, 0.3) is 5.82 Å². The predicted octanol–water partition coefficient (Wildman–Crippen LogP) is 0.632. The van der Waals surface area contributed by atoms with Crippen molar-refractivity contribution in [1.29, 1.82) is 0 Å². The first-order chi connectivity index (χ1) is 4.20. The van der Waals surface area contributed by atoms with Gasteiger partial charge in [-0.25, -0.2) is 4.73 Å². The monoisotopic (exact) mass is 160 g/mol. The predicted molar refractivity (Wildman–Crippen MR) is 41.8 cm³/mol. The Hall–Kier alpha value is -0.960. The second-order valence-electron chi connectivity index (χ2n) is 1.95. The largest absolute Gasteiger partial charge is 0.711 e. The lowest BCUT2D eigenvalue weighted by Gasteiger charge is -2.02. The highest BCUT2D eigenvalue weighted by molar-refractivity contribution is 5.85. The van der Waals surface area contributed by atoms with E-state index in [1.807, 2.05) is 6.92 Å². The zero-order chi connectivity index (χ0) is 6.85. The van der Waals surface area contributed by atoms with Gasteiger partial charge in [-0.2, -0.15) is 0 Å². The molecule has 0 radical (unpaired) electrons. The molecule has 0 saturated heterocycles. The number of nitrogen functional groups attached to an aromatic ring is 1. The van der Waals surface area contributed by atoms with Gasteiger partial charge in [0.1, 0.15) is 0 Å². The van der Waals surface area contributed by atoms with Gasteiger partial charge in [-0.15, -0.1) is 12.4 Å². The Labute approximate surface area is 65.5 Å². The number of nitrogens with zero attached hydrogens (tertiary/aromatic N) is 1. The molecule has 0 aliphatic rings. The molecular weight excluding hydrogens is 152 g/mol. The SMILES string of the molecule is Cc1cc[n+]([O-])c(N)c1.Cl. The van der Waals surface area contributed by atoms with Crippen molar-refractivity contribution in [2.75, 3.05) is 5.73 Å². The number of anilines is 1. The molecule has 1 heterocycles. The maximum atomic E-state index is 10.6. The molecule has 3 nitrogen and oxygen atoms in total. The first-order valence-corrected chi connectivity index (χ1v) is 2.65. The topological polar surface area (TPSA) is 53.0 Å². The van der Waals surface area contributed by atoms with Crippen LogP contribution in [-0.2, 0) is 0 Å². The molecular formula is C6H9ClN2O. The quantitative estimate of drug-likeness (QED) is 0.447. The molecule has 0 aliphatic heterocycles. The van der Waals surface area contributed by atoms with E-state index >= 15 is 0 Å². The second-order valence-corrected chi connectivity index (χ2v) is 1.95. The summed E-state index contributed by atoms with van der Waals surface area (Å²) in [4.78, 5) is 0. The summed E-state index contributed by atoms with van der Waals surface area (Å²) in [5, 5.41) is 10.6. The van der Waals surface area contributed by atoms with Gasteiger partial charge in [-0.1, -0.05) is 0 Å². The van der Waals surface area contributed by atoms with E-state index in [1.165, 1.54) is 6.20 Å². The van der Waals surface area contributed by atoms with Gasteiger partial charge in [0.15, 0.2) is 0 Å². The third-order valence-electron chi connectivity index (χ3n) is 1.10. The van der Waals surface area contributed by atoms with Gasteiger partial charge in [0.05, 0.1) is 6.20 Å². The van der Waals surface area contributed by atoms with E-state index in [0.717, 1.165) is 5.56 Å². The molecule has 0 unspecified atom stereocenters. The Morgan fingerprint density at radius 1 is 1.60 bits per heavy atom. The van der Waals surface area contributed by atoms with Crippen LogP contribution in [0.1, 0.15) is 5.56 Å². The molecule has 0 bridgehead atoms. The van der Waals surface area contributed by atoms with Crippen molar-refractivity contribution in [3.05, 3.63) is 29.1 Å². The van der Waals surface area contributed by atoms with Gasteiger partial charge in [-0.05, 0) is 18.6 Å². The first-order valence-electron chi connectivity index (χ1n) is 2.65. The van der Waals surface area contributed by atoms with Crippen LogP contribution in [0.2, 0.25) is 0 Å². The van der Waals surface area contributed by atoms with Crippen molar-refractivity contribution in [3.63, 3.8) is 0 Å². The molecule has 4 heteroatoms. The van der Waals surface area contributed by atoms with E-state index in [2.05, 4.69) is 0 Å². The van der Waals surface area contributed by atoms with Crippen LogP contribution < -0.4 is 10.5 Å². The summed E-state index contributed by atoms with van der Waals surface area (Å²) < 4.78 is 0.632. The summed E-state index contributed by atoms with van der Waals surface area (Å²) in [5.41, 5.74) is 6.27. The van der Waals surface area contributed by atoms with E-state index in [1.54, 1.807) is 12.1 Å².